The van der Waals surface area contributed by atoms with Gasteiger partial charge in [-0.25, -0.2) is 0 Å². The maximum atomic E-state index is 4.61. The van der Waals surface area contributed by atoms with Crippen LogP contribution in [0.25, 0.3) is 0 Å². The molecule has 0 aromatic heterocycles. The number of aliphatic imine (C=N–C) groups is 1. The monoisotopic (exact) mass is 307 g/mol. The Morgan fingerprint density at radius 3 is 2.09 bits per heavy atom. The van der Waals surface area contributed by atoms with Crippen molar-refractivity contribution in [1.82, 2.24) is 0 Å². The Labute approximate surface area is 139 Å². The lowest BCUT2D eigenvalue weighted by molar-refractivity contribution is 0.772. The van der Waals surface area contributed by atoms with E-state index in [-0.39, 0.29) is 0 Å². The molecule has 0 aliphatic rings. The van der Waals surface area contributed by atoms with Crippen LogP contribution in [0.2, 0.25) is 0 Å². The van der Waals surface area contributed by atoms with Crippen molar-refractivity contribution >= 4 is 23.1 Å². The second kappa shape index (κ2) is 11.5. The molecule has 2 rings (SSSR count). The average molecular weight is 307 g/mol. The lowest BCUT2D eigenvalue weighted by Gasteiger charge is -1.94. The van der Waals surface area contributed by atoms with Gasteiger partial charge >= 0.3 is 0 Å². The van der Waals surface area contributed by atoms with Crippen LogP contribution in [0, 0.1) is 11.8 Å². The maximum Gasteiger partial charge on any atom is 0.0896 e. The van der Waals surface area contributed by atoms with Gasteiger partial charge in [-0.3, -0.25) is 0 Å². The zero-order valence-electron chi connectivity index (χ0n) is 13.2. The first-order chi connectivity index (χ1) is 10.8. The summed E-state index contributed by atoms with van der Waals surface area (Å²) in [5, 5.41) is 2.36. The molecule has 0 aliphatic carbocycles. The van der Waals surface area contributed by atoms with Crippen molar-refractivity contribution in [1.29, 1.82) is 0 Å². The highest BCUT2D eigenvalue weighted by atomic mass is 32.1. The van der Waals surface area contributed by atoms with Crippen LogP contribution in [0.15, 0.2) is 59.6 Å². The molecule has 0 bridgehead atoms. The Kier molecular flexibility index (Phi) is 9.30. The van der Waals surface area contributed by atoms with Crippen molar-refractivity contribution in [2.45, 2.75) is 33.1 Å². The van der Waals surface area contributed by atoms with Crippen LogP contribution in [-0.4, -0.2) is 5.16 Å². The predicted octanol–water partition coefficient (Wildman–Crippen LogP) is 6.02. The molecule has 112 valence electrons. The smallest absolute Gasteiger partial charge is 0.0896 e. The first-order valence-corrected chi connectivity index (χ1v) is 7.96. The van der Waals surface area contributed by atoms with E-state index in [0.717, 1.165) is 16.8 Å². The number of para-hydroxylation sites is 1. The number of nitrogens with zero attached hydrogens (tertiary/aromatic N) is 1. The van der Waals surface area contributed by atoms with Gasteiger partial charge in [0.15, 0.2) is 0 Å². The van der Waals surface area contributed by atoms with Crippen LogP contribution in [0.1, 0.15) is 44.2 Å². The molecular formula is C20H21NS. The van der Waals surface area contributed by atoms with Crippen molar-refractivity contribution in [2.24, 2.45) is 4.99 Å². The fraction of sp³-hybridized carbons (Fsp3) is 0.250. The van der Waals surface area contributed by atoms with Gasteiger partial charge < -0.3 is 0 Å². The lowest BCUT2D eigenvalue weighted by Crippen LogP contribution is -1.76. The first kappa shape index (κ1) is 17.9. The van der Waals surface area contributed by atoms with E-state index in [1.54, 1.807) is 0 Å². The number of isothiocyanates is 1. The van der Waals surface area contributed by atoms with Gasteiger partial charge in [-0.2, -0.15) is 4.99 Å². The Hall–Kier alpha value is -2.20. The van der Waals surface area contributed by atoms with Gasteiger partial charge in [0.05, 0.1) is 16.4 Å². The minimum Gasteiger partial charge on any atom is -0.193 e. The van der Waals surface area contributed by atoms with E-state index in [2.05, 4.69) is 48.1 Å². The first-order valence-electron chi connectivity index (χ1n) is 7.55. The van der Waals surface area contributed by atoms with Crippen LogP contribution in [0.3, 0.4) is 0 Å². The van der Waals surface area contributed by atoms with Crippen LogP contribution < -0.4 is 0 Å². The van der Waals surface area contributed by atoms with Crippen LogP contribution in [0.4, 0.5) is 5.69 Å². The molecule has 0 fully saturated rings. The number of hydrogen-bond acceptors (Lipinski definition) is 2. The van der Waals surface area contributed by atoms with E-state index in [4.69, 9.17) is 0 Å². The summed E-state index contributed by atoms with van der Waals surface area (Å²) >= 11 is 4.61. The molecule has 0 amide bonds. The molecular weight excluding hydrogens is 286 g/mol. The Bertz CT molecular complexity index is 657. The molecule has 0 saturated carbocycles. The molecule has 0 unspecified atom stereocenters. The van der Waals surface area contributed by atoms with Crippen molar-refractivity contribution in [3.8, 4) is 11.8 Å². The Morgan fingerprint density at radius 2 is 1.50 bits per heavy atom. The third kappa shape index (κ3) is 6.99. The highest BCUT2D eigenvalue weighted by Crippen LogP contribution is 2.16. The molecule has 0 radical (unpaired) electrons. The zero-order valence-corrected chi connectivity index (χ0v) is 14.0. The van der Waals surface area contributed by atoms with Crippen molar-refractivity contribution in [3.63, 3.8) is 0 Å². The molecule has 22 heavy (non-hydrogen) atoms. The fourth-order valence-corrected chi connectivity index (χ4v) is 1.84. The summed E-state index contributed by atoms with van der Waals surface area (Å²) in [5.41, 5.74) is 2.59. The fourth-order valence-electron chi connectivity index (χ4n) is 1.74. The largest absolute Gasteiger partial charge is 0.193 e. The minimum absolute atomic E-state index is 0.755. The van der Waals surface area contributed by atoms with Gasteiger partial charge in [-0.15, -0.1) is 0 Å². The third-order valence-electron chi connectivity index (χ3n) is 2.89. The number of unbranched alkanes of at least 4 members (excludes halogenated alkanes) is 2. The molecule has 0 atom stereocenters. The van der Waals surface area contributed by atoms with Crippen molar-refractivity contribution in [2.75, 3.05) is 0 Å². The SMILES string of the molecule is CCCCC.S=C=Nc1ccccc1C#Cc1ccccc1. The Morgan fingerprint density at radius 1 is 0.864 bits per heavy atom. The molecule has 2 heteroatoms. The molecule has 0 heterocycles. The normalized spacial score (nSPS) is 8.64. The number of hydrogen-bond donors (Lipinski definition) is 0. The number of rotatable bonds is 3. The maximum absolute atomic E-state index is 4.61. The summed E-state index contributed by atoms with van der Waals surface area (Å²) in [6.07, 6.45) is 4.08. The zero-order chi connectivity index (χ0) is 16.0. The van der Waals surface area contributed by atoms with E-state index in [0.29, 0.717) is 0 Å². The summed E-state index contributed by atoms with van der Waals surface area (Å²) in [4.78, 5) is 3.98. The van der Waals surface area contributed by atoms with Crippen molar-refractivity contribution < 1.29 is 0 Å². The number of thiocarbonyl (C=S) groups is 1. The highest BCUT2D eigenvalue weighted by Gasteiger charge is 1.94. The molecule has 0 N–H and O–H groups in total. The van der Waals surface area contributed by atoms with E-state index in [1.165, 1.54) is 19.3 Å². The summed E-state index contributed by atoms with van der Waals surface area (Å²) < 4.78 is 0. The summed E-state index contributed by atoms with van der Waals surface area (Å²) in [7, 11) is 0. The van der Waals surface area contributed by atoms with E-state index in [1.807, 2.05) is 54.6 Å². The van der Waals surface area contributed by atoms with E-state index in [9.17, 15) is 0 Å². The predicted molar refractivity (Wildman–Crippen MR) is 98.7 cm³/mol. The van der Waals surface area contributed by atoms with Crippen LogP contribution in [0.5, 0.6) is 0 Å². The van der Waals surface area contributed by atoms with E-state index < -0.39 is 0 Å². The van der Waals surface area contributed by atoms with Crippen molar-refractivity contribution in [3.05, 3.63) is 65.7 Å². The molecule has 0 aliphatic heterocycles. The van der Waals surface area contributed by atoms with Crippen LogP contribution >= 0.6 is 12.2 Å². The average Bonchev–Trinajstić information content (AvgIpc) is 2.57. The lowest BCUT2D eigenvalue weighted by atomic mass is 10.1. The van der Waals surface area contributed by atoms with Gasteiger partial charge in [0.25, 0.3) is 0 Å². The minimum atomic E-state index is 0.755. The van der Waals surface area contributed by atoms with Gasteiger partial charge in [-0.05, 0) is 36.5 Å². The summed E-state index contributed by atoms with van der Waals surface area (Å²) in [6, 6.07) is 17.5. The summed E-state index contributed by atoms with van der Waals surface area (Å²) in [5.74, 6) is 6.17. The topological polar surface area (TPSA) is 12.4 Å². The highest BCUT2D eigenvalue weighted by molar-refractivity contribution is 7.78. The quantitative estimate of drug-likeness (QED) is 0.384. The summed E-state index contributed by atoms with van der Waals surface area (Å²) in [6.45, 7) is 4.42. The second-order valence-corrected chi connectivity index (χ2v) is 4.87. The molecule has 2 aromatic carbocycles. The van der Waals surface area contributed by atoms with Gasteiger partial charge in [0, 0.05) is 5.56 Å². The molecule has 1 nitrogen and oxygen atoms in total. The van der Waals surface area contributed by atoms with Gasteiger partial charge in [-0.1, -0.05) is 75.3 Å². The molecule has 0 spiro atoms. The molecule has 2 aromatic rings. The van der Waals surface area contributed by atoms with E-state index >= 15 is 0 Å². The van der Waals surface area contributed by atoms with Gasteiger partial charge in [0.1, 0.15) is 0 Å². The second-order valence-electron chi connectivity index (χ2n) is 4.69. The Balaban J connectivity index is 0.000000422. The van der Waals surface area contributed by atoms with Gasteiger partial charge in [0.2, 0.25) is 0 Å². The number of benzene rings is 2. The van der Waals surface area contributed by atoms with Crippen LogP contribution in [-0.2, 0) is 0 Å². The molecule has 0 saturated heterocycles. The standard InChI is InChI=1S/C15H9NS.C5H12/c17-12-16-15-9-5-4-8-14(15)11-10-13-6-2-1-3-7-13;1-3-5-4-2/h1-9H;3-5H2,1-2H3. The third-order valence-corrected chi connectivity index (χ3v) is 2.98.